The summed E-state index contributed by atoms with van der Waals surface area (Å²) in [6.07, 6.45) is 0. The number of carbonyl (C=O) groups is 1. The molecule has 0 fully saturated rings. The Morgan fingerprint density at radius 3 is 2.92 bits per heavy atom. The third-order valence-corrected chi connectivity index (χ3v) is 1.38. The van der Waals surface area contributed by atoms with Gasteiger partial charge in [-0.2, -0.15) is 0 Å². The molecule has 0 aliphatic rings. The van der Waals surface area contributed by atoms with E-state index in [0.29, 0.717) is 5.89 Å². The first-order valence-electron chi connectivity index (χ1n) is 3.59. The Morgan fingerprint density at radius 1 is 1.77 bits per heavy atom. The summed E-state index contributed by atoms with van der Waals surface area (Å²) in [6.45, 7) is 1.66. The lowest BCUT2D eigenvalue weighted by molar-refractivity contribution is -0.116. The van der Waals surface area contributed by atoms with Crippen molar-refractivity contribution >= 4 is 23.5 Å². The molecule has 0 bridgehead atoms. The van der Waals surface area contributed by atoms with Gasteiger partial charge >= 0.3 is 6.01 Å². The van der Waals surface area contributed by atoms with Crippen molar-refractivity contribution in [3.05, 3.63) is 5.89 Å². The highest BCUT2D eigenvalue weighted by molar-refractivity contribution is 6.20. The monoisotopic (exact) mass is 204 g/mol. The topological polar surface area (TPSA) is 94.0 Å². The van der Waals surface area contributed by atoms with Crippen LogP contribution in [-0.4, -0.2) is 22.6 Å². The number of primary amides is 1. The van der Waals surface area contributed by atoms with Crippen LogP contribution in [-0.2, 0) is 4.79 Å². The van der Waals surface area contributed by atoms with Crippen LogP contribution in [0.2, 0.25) is 0 Å². The maximum Gasteiger partial charge on any atom is 0.315 e. The first-order valence-corrected chi connectivity index (χ1v) is 4.03. The fourth-order valence-electron chi connectivity index (χ4n) is 0.629. The van der Waals surface area contributed by atoms with Gasteiger partial charge in [0.1, 0.15) is 5.38 Å². The molecule has 13 heavy (non-hydrogen) atoms. The number of halogens is 1. The standard InChI is InChI=1S/C6H9ClN4O2/c1-3(7)5-10-11-6(13-5)9-2-4(8)12/h3H,2H2,1H3,(H2,8,12)(H,9,11). The Bertz CT molecular complexity index is 299. The fraction of sp³-hybridized carbons (Fsp3) is 0.500. The molecule has 0 aliphatic heterocycles. The average molecular weight is 205 g/mol. The number of rotatable bonds is 4. The molecule has 0 aliphatic carbocycles. The maximum atomic E-state index is 10.4. The first-order chi connectivity index (χ1) is 6.09. The number of nitrogens with zero attached hydrogens (tertiary/aromatic N) is 2. The predicted molar refractivity (Wildman–Crippen MR) is 46.3 cm³/mol. The number of nitrogens with two attached hydrogens (primary N) is 1. The summed E-state index contributed by atoms with van der Waals surface area (Å²) in [4.78, 5) is 10.4. The summed E-state index contributed by atoms with van der Waals surface area (Å²) < 4.78 is 5.02. The quantitative estimate of drug-likeness (QED) is 0.687. The van der Waals surface area contributed by atoms with Crippen molar-refractivity contribution in [3.63, 3.8) is 0 Å². The highest BCUT2D eigenvalue weighted by Gasteiger charge is 2.10. The summed E-state index contributed by atoms with van der Waals surface area (Å²) in [6, 6.07) is 0.140. The van der Waals surface area contributed by atoms with Crippen LogP contribution in [0.4, 0.5) is 6.01 Å². The van der Waals surface area contributed by atoms with E-state index in [4.69, 9.17) is 21.8 Å². The molecule has 1 amide bonds. The summed E-state index contributed by atoms with van der Waals surface area (Å²) in [7, 11) is 0. The molecule has 1 rings (SSSR count). The van der Waals surface area contributed by atoms with E-state index in [0.717, 1.165) is 0 Å². The number of nitrogens with one attached hydrogen (secondary N) is 1. The Balaban J connectivity index is 2.54. The van der Waals surface area contributed by atoms with Crippen molar-refractivity contribution in [1.29, 1.82) is 0 Å². The highest BCUT2D eigenvalue weighted by Crippen LogP contribution is 2.18. The van der Waals surface area contributed by atoms with Crippen molar-refractivity contribution in [1.82, 2.24) is 10.2 Å². The normalized spacial score (nSPS) is 12.5. The average Bonchev–Trinajstić information content (AvgIpc) is 2.48. The molecular weight excluding hydrogens is 196 g/mol. The van der Waals surface area contributed by atoms with E-state index in [9.17, 15) is 4.79 Å². The van der Waals surface area contributed by atoms with Gasteiger partial charge < -0.3 is 15.5 Å². The molecule has 0 saturated heterocycles. The lowest BCUT2D eigenvalue weighted by Crippen LogP contribution is -2.21. The second-order valence-electron chi connectivity index (χ2n) is 2.38. The van der Waals surface area contributed by atoms with Gasteiger partial charge in [-0.15, -0.1) is 16.7 Å². The molecule has 72 valence electrons. The van der Waals surface area contributed by atoms with Crippen molar-refractivity contribution in [2.45, 2.75) is 12.3 Å². The van der Waals surface area contributed by atoms with Crippen LogP contribution < -0.4 is 11.1 Å². The molecule has 1 aromatic rings. The van der Waals surface area contributed by atoms with Gasteiger partial charge in [0.05, 0.1) is 6.54 Å². The molecule has 0 spiro atoms. The van der Waals surface area contributed by atoms with E-state index in [2.05, 4.69) is 15.5 Å². The van der Waals surface area contributed by atoms with E-state index < -0.39 is 5.91 Å². The van der Waals surface area contributed by atoms with Gasteiger partial charge in [0, 0.05) is 0 Å². The van der Waals surface area contributed by atoms with Crippen LogP contribution in [0.5, 0.6) is 0 Å². The van der Waals surface area contributed by atoms with Crippen LogP contribution in [0.1, 0.15) is 18.2 Å². The molecule has 0 radical (unpaired) electrons. The Kier molecular flexibility index (Phi) is 3.07. The van der Waals surface area contributed by atoms with Crippen molar-refractivity contribution in [2.75, 3.05) is 11.9 Å². The zero-order chi connectivity index (χ0) is 9.84. The summed E-state index contributed by atoms with van der Waals surface area (Å²) >= 11 is 5.66. The Hall–Kier alpha value is -1.30. The number of hydrogen-bond acceptors (Lipinski definition) is 5. The van der Waals surface area contributed by atoms with Crippen LogP contribution in [0.15, 0.2) is 4.42 Å². The third kappa shape index (κ3) is 2.90. The van der Waals surface area contributed by atoms with Gasteiger partial charge in [-0.05, 0) is 6.92 Å². The van der Waals surface area contributed by atoms with Gasteiger partial charge in [0.2, 0.25) is 11.8 Å². The number of carbonyl (C=O) groups excluding carboxylic acids is 1. The molecule has 1 unspecified atom stereocenters. The summed E-state index contributed by atoms with van der Waals surface area (Å²) in [5.74, 6) is -0.202. The molecule has 6 nitrogen and oxygen atoms in total. The molecule has 7 heteroatoms. The minimum Gasteiger partial charge on any atom is -0.406 e. The lowest BCUT2D eigenvalue weighted by Gasteiger charge is -1.95. The third-order valence-electron chi connectivity index (χ3n) is 1.19. The Morgan fingerprint density at radius 2 is 2.46 bits per heavy atom. The molecule has 0 saturated carbocycles. The Labute approximate surface area is 79.4 Å². The second kappa shape index (κ2) is 4.08. The van der Waals surface area contributed by atoms with Crippen molar-refractivity contribution in [2.24, 2.45) is 5.73 Å². The maximum absolute atomic E-state index is 10.4. The number of aromatic nitrogens is 2. The van der Waals surface area contributed by atoms with Gasteiger partial charge in [-0.3, -0.25) is 4.79 Å². The van der Waals surface area contributed by atoms with Gasteiger partial charge in [-0.1, -0.05) is 5.10 Å². The van der Waals surface area contributed by atoms with E-state index in [-0.39, 0.29) is 17.9 Å². The number of alkyl halides is 1. The number of hydrogen-bond donors (Lipinski definition) is 2. The first kappa shape index (κ1) is 9.79. The predicted octanol–water partition coefficient (Wildman–Crippen LogP) is 0.267. The molecule has 1 aromatic heterocycles. The minimum atomic E-state index is -0.501. The van der Waals surface area contributed by atoms with E-state index >= 15 is 0 Å². The molecule has 1 heterocycles. The lowest BCUT2D eigenvalue weighted by atomic mass is 10.5. The van der Waals surface area contributed by atoms with Crippen LogP contribution >= 0.6 is 11.6 Å². The number of anilines is 1. The summed E-state index contributed by atoms with van der Waals surface area (Å²) in [5, 5.41) is 9.42. The zero-order valence-electron chi connectivity index (χ0n) is 6.95. The van der Waals surface area contributed by atoms with Crippen molar-refractivity contribution in [3.8, 4) is 0 Å². The van der Waals surface area contributed by atoms with Gasteiger partial charge in [-0.25, -0.2) is 0 Å². The van der Waals surface area contributed by atoms with E-state index in [1.54, 1.807) is 6.92 Å². The van der Waals surface area contributed by atoms with Gasteiger partial charge in [0.25, 0.3) is 0 Å². The molecule has 1 atom stereocenters. The van der Waals surface area contributed by atoms with Crippen LogP contribution in [0.3, 0.4) is 0 Å². The van der Waals surface area contributed by atoms with E-state index in [1.807, 2.05) is 0 Å². The van der Waals surface area contributed by atoms with Crippen molar-refractivity contribution < 1.29 is 9.21 Å². The number of amides is 1. The van der Waals surface area contributed by atoms with E-state index in [1.165, 1.54) is 0 Å². The van der Waals surface area contributed by atoms with Crippen LogP contribution in [0, 0.1) is 0 Å². The van der Waals surface area contributed by atoms with Gasteiger partial charge in [0.15, 0.2) is 0 Å². The molecule has 3 N–H and O–H groups in total. The summed E-state index contributed by atoms with van der Waals surface area (Å²) in [5.41, 5.74) is 4.89. The fourth-order valence-corrected chi connectivity index (χ4v) is 0.718. The second-order valence-corrected chi connectivity index (χ2v) is 3.04. The zero-order valence-corrected chi connectivity index (χ0v) is 7.71. The van der Waals surface area contributed by atoms with Crippen LogP contribution in [0.25, 0.3) is 0 Å². The highest BCUT2D eigenvalue weighted by atomic mass is 35.5. The molecular formula is C6H9ClN4O2. The largest absolute Gasteiger partial charge is 0.406 e. The SMILES string of the molecule is CC(Cl)c1nnc(NCC(N)=O)o1. The minimum absolute atomic E-state index is 0.0434. The molecule has 0 aromatic carbocycles. The smallest absolute Gasteiger partial charge is 0.315 e.